The van der Waals surface area contributed by atoms with Crippen LogP contribution < -0.4 is 0 Å². The van der Waals surface area contributed by atoms with Crippen molar-refractivity contribution in [1.82, 2.24) is 0 Å². The van der Waals surface area contributed by atoms with Crippen LogP contribution in [0.1, 0.15) is 28.4 Å². The van der Waals surface area contributed by atoms with Crippen LogP contribution >= 0.6 is 0 Å². The van der Waals surface area contributed by atoms with Gasteiger partial charge in [-0.15, -0.1) is 0 Å². The molecule has 0 fully saturated rings. The summed E-state index contributed by atoms with van der Waals surface area (Å²) in [5, 5.41) is 7.01. The minimum absolute atomic E-state index is 0.00120. The second kappa shape index (κ2) is 13.5. The van der Waals surface area contributed by atoms with Gasteiger partial charge in [-0.25, -0.2) is 0 Å². The lowest BCUT2D eigenvalue weighted by atomic mass is 9.75. The van der Waals surface area contributed by atoms with Gasteiger partial charge in [-0.2, -0.15) is 0 Å². The normalized spacial score (nSPS) is 16.2. The van der Waals surface area contributed by atoms with E-state index >= 15 is 4.79 Å². The van der Waals surface area contributed by atoms with E-state index in [0.29, 0.717) is 23.0 Å². The maximum atomic E-state index is 15.3. The number of hydrogen-bond acceptors (Lipinski definition) is 1. The minimum atomic E-state index is 0.00120. The Balaban J connectivity index is 1.20. The molecule has 1 nitrogen and oxygen atoms in total. The van der Waals surface area contributed by atoms with Gasteiger partial charge in [0.05, 0.1) is 0 Å². The van der Waals surface area contributed by atoms with Crippen LogP contribution in [0.2, 0.25) is 0 Å². The smallest absolute Gasteiger partial charge is 0.193 e. The van der Waals surface area contributed by atoms with Crippen LogP contribution in [0.15, 0.2) is 206 Å². The van der Waals surface area contributed by atoms with Crippen LogP contribution in [-0.4, -0.2) is 5.78 Å². The molecular weight excluding hydrogens is 665 g/mol. The lowest BCUT2D eigenvalue weighted by Gasteiger charge is -2.29. The molecule has 0 amide bonds. The van der Waals surface area contributed by atoms with E-state index in [1.165, 1.54) is 32.7 Å². The Morgan fingerprint density at radius 2 is 0.855 bits per heavy atom. The Morgan fingerprint density at radius 3 is 1.36 bits per heavy atom. The number of benzene rings is 8. The Morgan fingerprint density at radius 1 is 0.436 bits per heavy atom. The fourth-order valence-electron chi connectivity index (χ4n) is 8.76. The molecule has 260 valence electrons. The van der Waals surface area contributed by atoms with E-state index in [0.717, 1.165) is 49.7 Å². The van der Waals surface area contributed by atoms with Gasteiger partial charge in [0.15, 0.2) is 5.78 Å². The third-order valence-electron chi connectivity index (χ3n) is 11.5. The van der Waals surface area contributed by atoms with E-state index in [9.17, 15) is 0 Å². The number of hydrogen-bond donors (Lipinski definition) is 0. The standard InChI is InChI=1S/C54H38O/c1-35-13-8-28-53-45(35)23-12-27-52(53)42-30-41(51-26-11-19-38-16-4-7-22-48(38)51)33-44(34-42)54(55)43-31-39(49-24-9-17-36-14-2-5-20-46(36)49)29-40(32-43)50-25-10-18-37-15-3-6-21-47(37)50/h2-35,45H,1H3. The topological polar surface area (TPSA) is 17.1 Å². The summed E-state index contributed by atoms with van der Waals surface area (Å²) in [7, 11) is 0. The maximum absolute atomic E-state index is 15.3. The second-order valence-electron chi connectivity index (χ2n) is 14.9. The first-order chi connectivity index (χ1) is 27.1. The SMILES string of the molecule is CC1C=CC=C2C(c3cc(C(=O)c4cc(-c5cccc6ccccc56)cc(-c5cccc6ccccc56)c4)cc(-c4cccc5ccccc45)c3)=CC=CC21. The van der Waals surface area contributed by atoms with E-state index in [2.05, 4.69) is 207 Å². The summed E-state index contributed by atoms with van der Waals surface area (Å²) in [5.41, 5.74) is 11.3. The van der Waals surface area contributed by atoms with Crippen molar-refractivity contribution in [1.29, 1.82) is 0 Å². The number of fused-ring (bicyclic) bond motifs is 4. The third kappa shape index (κ3) is 5.86. The highest BCUT2D eigenvalue weighted by Gasteiger charge is 2.26. The lowest BCUT2D eigenvalue weighted by molar-refractivity contribution is 0.103. The number of carbonyl (C=O) groups excluding carboxylic acids is 1. The molecule has 2 unspecified atom stereocenters. The van der Waals surface area contributed by atoms with Crippen LogP contribution in [0.25, 0.3) is 71.3 Å². The average molecular weight is 703 g/mol. The highest BCUT2D eigenvalue weighted by Crippen LogP contribution is 2.42. The van der Waals surface area contributed by atoms with Crippen molar-refractivity contribution in [2.24, 2.45) is 11.8 Å². The Labute approximate surface area is 321 Å². The van der Waals surface area contributed by atoms with Crippen LogP contribution in [0.4, 0.5) is 0 Å². The third-order valence-corrected chi connectivity index (χ3v) is 11.5. The van der Waals surface area contributed by atoms with Gasteiger partial charge in [0.2, 0.25) is 0 Å². The molecule has 0 heterocycles. The second-order valence-corrected chi connectivity index (χ2v) is 14.9. The Kier molecular flexibility index (Phi) is 8.07. The number of allylic oxidation sites excluding steroid dienone is 8. The van der Waals surface area contributed by atoms with Crippen molar-refractivity contribution in [3.8, 4) is 33.4 Å². The van der Waals surface area contributed by atoms with Crippen molar-refractivity contribution >= 4 is 43.7 Å². The zero-order valence-electron chi connectivity index (χ0n) is 30.6. The molecule has 0 N–H and O–H groups in total. The van der Waals surface area contributed by atoms with Gasteiger partial charge in [0.1, 0.15) is 0 Å². The summed E-state index contributed by atoms with van der Waals surface area (Å²) in [6.45, 7) is 2.28. The predicted molar refractivity (Wildman–Crippen MR) is 232 cm³/mol. The van der Waals surface area contributed by atoms with Crippen molar-refractivity contribution in [2.45, 2.75) is 6.92 Å². The highest BCUT2D eigenvalue weighted by molar-refractivity contribution is 6.13. The Bertz CT molecular complexity index is 2850. The van der Waals surface area contributed by atoms with Crippen LogP contribution in [0, 0.1) is 11.8 Å². The van der Waals surface area contributed by atoms with E-state index in [1.807, 2.05) is 0 Å². The molecule has 8 aromatic carbocycles. The predicted octanol–water partition coefficient (Wildman–Crippen LogP) is 14.1. The molecule has 0 radical (unpaired) electrons. The van der Waals surface area contributed by atoms with Gasteiger partial charge < -0.3 is 0 Å². The van der Waals surface area contributed by atoms with Gasteiger partial charge in [-0.1, -0.05) is 171 Å². The number of ketones is 1. The molecule has 0 bridgehead atoms. The van der Waals surface area contributed by atoms with E-state index in [1.54, 1.807) is 0 Å². The molecule has 55 heavy (non-hydrogen) atoms. The number of carbonyl (C=O) groups is 1. The summed E-state index contributed by atoms with van der Waals surface area (Å²) in [4.78, 5) is 15.3. The van der Waals surface area contributed by atoms with Gasteiger partial charge in [-0.3, -0.25) is 4.79 Å². The molecule has 2 aliphatic carbocycles. The van der Waals surface area contributed by atoms with Crippen molar-refractivity contribution in [3.63, 3.8) is 0 Å². The molecule has 2 atom stereocenters. The zero-order valence-corrected chi connectivity index (χ0v) is 30.6. The van der Waals surface area contributed by atoms with Crippen LogP contribution in [-0.2, 0) is 0 Å². The summed E-state index contributed by atoms with van der Waals surface area (Å²) >= 11 is 0. The summed E-state index contributed by atoms with van der Waals surface area (Å²) in [5.74, 6) is 0.693. The molecule has 8 aromatic rings. The first-order valence-corrected chi connectivity index (χ1v) is 19.2. The molecule has 10 rings (SSSR count). The minimum Gasteiger partial charge on any atom is -0.289 e. The van der Waals surface area contributed by atoms with E-state index in [-0.39, 0.29) is 5.78 Å². The molecule has 0 saturated carbocycles. The van der Waals surface area contributed by atoms with Crippen molar-refractivity contribution in [2.75, 3.05) is 0 Å². The average Bonchev–Trinajstić information content (AvgIpc) is 3.25. The number of rotatable bonds is 6. The van der Waals surface area contributed by atoms with Crippen LogP contribution in [0.3, 0.4) is 0 Å². The van der Waals surface area contributed by atoms with Gasteiger partial charge >= 0.3 is 0 Å². The first-order valence-electron chi connectivity index (χ1n) is 19.2. The maximum Gasteiger partial charge on any atom is 0.193 e. The van der Waals surface area contributed by atoms with Gasteiger partial charge in [-0.05, 0) is 125 Å². The Hall–Kier alpha value is -6.83. The van der Waals surface area contributed by atoms with E-state index in [4.69, 9.17) is 0 Å². The highest BCUT2D eigenvalue weighted by atomic mass is 16.1. The molecule has 0 aromatic heterocycles. The molecule has 0 saturated heterocycles. The summed E-state index contributed by atoms with van der Waals surface area (Å²) in [6, 6.07) is 57.7. The molecule has 2 aliphatic rings. The fourth-order valence-corrected chi connectivity index (χ4v) is 8.76. The quantitative estimate of drug-likeness (QED) is 0.158. The van der Waals surface area contributed by atoms with E-state index < -0.39 is 0 Å². The zero-order chi connectivity index (χ0) is 36.9. The fraction of sp³-hybridized carbons (Fsp3) is 0.0556. The molecular formula is C54H38O. The van der Waals surface area contributed by atoms with Crippen LogP contribution in [0.5, 0.6) is 0 Å². The van der Waals surface area contributed by atoms with Gasteiger partial charge in [0.25, 0.3) is 0 Å². The molecule has 0 aliphatic heterocycles. The summed E-state index contributed by atoms with van der Waals surface area (Å²) in [6.07, 6.45) is 13.4. The monoisotopic (exact) mass is 702 g/mol. The lowest BCUT2D eigenvalue weighted by Crippen LogP contribution is -2.16. The van der Waals surface area contributed by atoms with Gasteiger partial charge in [0, 0.05) is 17.0 Å². The molecule has 0 spiro atoms. The molecule has 1 heteroatoms. The largest absolute Gasteiger partial charge is 0.289 e. The first kappa shape index (κ1) is 32.8. The van der Waals surface area contributed by atoms with Crippen molar-refractivity contribution < 1.29 is 4.79 Å². The van der Waals surface area contributed by atoms with Crippen molar-refractivity contribution in [3.05, 3.63) is 223 Å². The summed E-state index contributed by atoms with van der Waals surface area (Å²) < 4.78 is 0.